The molecule has 0 aromatic carbocycles. The first-order valence-corrected chi connectivity index (χ1v) is 8.61. The van der Waals surface area contributed by atoms with Crippen molar-refractivity contribution in [1.82, 2.24) is 20.2 Å². The summed E-state index contributed by atoms with van der Waals surface area (Å²) in [6.07, 6.45) is 2.82. The summed E-state index contributed by atoms with van der Waals surface area (Å²) >= 11 is 0.837. The van der Waals surface area contributed by atoms with Crippen molar-refractivity contribution in [1.29, 1.82) is 0 Å². The van der Waals surface area contributed by atoms with Gasteiger partial charge >= 0.3 is 0 Å². The van der Waals surface area contributed by atoms with Gasteiger partial charge in [0.15, 0.2) is 0 Å². The fraction of sp³-hybridized carbons (Fsp3) is 0.700. The van der Waals surface area contributed by atoms with Gasteiger partial charge in [-0.3, -0.25) is 4.79 Å². The number of rotatable bonds is 4. The molecule has 0 aliphatic carbocycles. The summed E-state index contributed by atoms with van der Waals surface area (Å²) in [5, 5.41) is 13.0. The van der Waals surface area contributed by atoms with Gasteiger partial charge in [0.1, 0.15) is 0 Å². The van der Waals surface area contributed by atoms with Crippen molar-refractivity contribution in [3.63, 3.8) is 0 Å². The van der Waals surface area contributed by atoms with Crippen LogP contribution in [0.1, 0.15) is 26.2 Å². The zero-order valence-electron chi connectivity index (χ0n) is 11.0. The molecule has 1 saturated heterocycles. The van der Waals surface area contributed by atoms with Gasteiger partial charge in [-0.1, -0.05) is 17.8 Å². The third kappa shape index (κ3) is 4.20. The van der Waals surface area contributed by atoms with Crippen molar-refractivity contribution < 1.29 is 13.2 Å². The number of nitrogens with one attached hydrogen (secondary N) is 3. The average Bonchev–Trinajstić information content (AvgIpc) is 2.67. The lowest BCUT2D eigenvalue weighted by Crippen LogP contribution is -2.40. The van der Waals surface area contributed by atoms with E-state index < -0.39 is 10.0 Å². The van der Waals surface area contributed by atoms with Crippen LogP contribution >= 0.6 is 11.3 Å². The maximum absolute atomic E-state index is 12.2. The molecule has 1 aliphatic heterocycles. The third-order valence-corrected chi connectivity index (χ3v) is 5.51. The zero-order chi connectivity index (χ0) is 14.6. The van der Waals surface area contributed by atoms with E-state index in [-0.39, 0.29) is 21.4 Å². The predicted octanol–water partition coefficient (Wildman–Crippen LogP) is -0.0831. The molecular weight excluding hydrogens is 302 g/mol. The van der Waals surface area contributed by atoms with Crippen LogP contribution in [0.15, 0.2) is 4.34 Å². The van der Waals surface area contributed by atoms with E-state index in [1.165, 1.54) is 6.92 Å². The van der Waals surface area contributed by atoms with Crippen LogP contribution in [-0.2, 0) is 14.8 Å². The van der Waals surface area contributed by atoms with E-state index in [1.54, 1.807) is 0 Å². The first kappa shape index (κ1) is 15.3. The smallest absolute Gasteiger partial charge is 0.270 e. The summed E-state index contributed by atoms with van der Waals surface area (Å²) in [5.41, 5.74) is 0. The number of amides is 1. The highest BCUT2D eigenvalue weighted by Crippen LogP contribution is 2.20. The maximum atomic E-state index is 12.2. The van der Waals surface area contributed by atoms with Crippen molar-refractivity contribution in [2.75, 3.05) is 18.4 Å². The van der Waals surface area contributed by atoms with Crippen molar-refractivity contribution >= 4 is 32.4 Å². The summed E-state index contributed by atoms with van der Waals surface area (Å²) in [4.78, 5) is 10.9. The molecule has 1 atom stereocenters. The van der Waals surface area contributed by atoms with Crippen LogP contribution in [-0.4, -0.2) is 43.7 Å². The Balaban J connectivity index is 2.05. The van der Waals surface area contributed by atoms with E-state index in [2.05, 4.69) is 25.6 Å². The van der Waals surface area contributed by atoms with Gasteiger partial charge in [-0.05, 0) is 19.4 Å². The molecule has 3 N–H and O–H groups in total. The molecule has 1 unspecified atom stereocenters. The lowest BCUT2D eigenvalue weighted by Gasteiger charge is -2.14. The molecule has 0 saturated carbocycles. The van der Waals surface area contributed by atoms with E-state index in [1.807, 2.05) is 0 Å². The van der Waals surface area contributed by atoms with Crippen molar-refractivity contribution in [3.05, 3.63) is 0 Å². The molecule has 1 aromatic rings. The second-order valence-corrected chi connectivity index (χ2v) is 7.44. The first-order valence-electron chi connectivity index (χ1n) is 6.31. The summed E-state index contributed by atoms with van der Waals surface area (Å²) in [6, 6.07) is -0.143. The first-order chi connectivity index (χ1) is 9.47. The zero-order valence-corrected chi connectivity index (χ0v) is 12.7. The molecule has 0 spiro atoms. The molecule has 2 rings (SSSR count). The van der Waals surface area contributed by atoms with Crippen LogP contribution < -0.4 is 15.4 Å². The fourth-order valence-corrected chi connectivity index (χ4v) is 4.14. The molecule has 1 amide bonds. The van der Waals surface area contributed by atoms with E-state index >= 15 is 0 Å². The number of carbonyl (C=O) groups is 1. The van der Waals surface area contributed by atoms with Crippen LogP contribution in [0.25, 0.3) is 0 Å². The molecule has 112 valence electrons. The summed E-state index contributed by atoms with van der Waals surface area (Å²) in [6.45, 7) is 2.84. The highest BCUT2D eigenvalue weighted by molar-refractivity contribution is 7.91. The van der Waals surface area contributed by atoms with Gasteiger partial charge in [-0.15, -0.1) is 10.2 Å². The Morgan fingerprint density at radius 2 is 2.20 bits per heavy atom. The highest BCUT2D eigenvalue weighted by atomic mass is 32.2. The molecule has 0 bridgehead atoms. The van der Waals surface area contributed by atoms with Gasteiger partial charge in [0.25, 0.3) is 10.0 Å². The molecule has 1 aliphatic rings. The topological polar surface area (TPSA) is 113 Å². The molecule has 1 fully saturated rings. The molecule has 2 heterocycles. The van der Waals surface area contributed by atoms with Crippen molar-refractivity contribution in [2.45, 2.75) is 36.6 Å². The van der Waals surface area contributed by atoms with E-state index in [0.717, 1.165) is 37.1 Å². The quantitative estimate of drug-likeness (QED) is 0.669. The number of aromatic nitrogens is 2. The molecular formula is C10H17N5O3S2. The number of anilines is 1. The van der Waals surface area contributed by atoms with E-state index in [0.29, 0.717) is 6.54 Å². The lowest BCUT2D eigenvalue weighted by atomic mass is 10.2. The van der Waals surface area contributed by atoms with Crippen LogP contribution in [0.4, 0.5) is 5.13 Å². The number of hydrogen-bond donors (Lipinski definition) is 3. The van der Waals surface area contributed by atoms with Crippen molar-refractivity contribution in [3.8, 4) is 0 Å². The van der Waals surface area contributed by atoms with Crippen LogP contribution in [0.2, 0.25) is 0 Å². The Bertz CT molecular complexity index is 563. The van der Waals surface area contributed by atoms with Gasteiger partial charge in [0.05, 0.1) is 0 Å². The minimum Gasteiger partial charge on any atom is -0.315 e. The van der Waals surface area contributed by atoms with Gasteiger partial charge in [0, 0.05) is 19.5 Å². The van der Waals surface area contributed by atoms with E-state index in [9.17, 15) is 13.2 Å². The summed E-state index contributed by atoms with van der Waals surface area (Å²) in [7, 11) is -3.69. The largest absolute Gasteiger partial charge is 0.315 e. The van der Waals surface area contributed by atoms with Crippen LogP contribution in [0, 0.1) is 0 Å². The normalized spacial score (nSPS) is 20.4. The lowest BCUT2D eigenvalue weighted by molar-refractivity contribution is -0.114. The van der Waals surface area contributed by atoms with Crippen LogP contribution in [0.5, 0.6) is 0 Å². The Morgan fingerprint density at radius 3 is 2.95 bits per heavy atom. The van der Waals surface area contributed by atoms with Gasteiger partial charge in [-0.2, -0.15) is 0 Å². The van der Waals surface area contributed by atoms with Crippen LogP contribution in [0.3, 0.4) is 0 Å². The second kappa shape index (κ2) is 6.57. The summed E-state index contributed by atoms with van der Waals surface area (Å²) < 4.78 is 26.8. The molecule has 0 radical (unpaired) electrons. The molecule has 1 aromatic heterocycles. The fourth-order valence-electron chi connectivity index (χ4n) is 1.91. The standard InChI is InChI=1S/C10H17N5O3S2/c1-7(16)12-9-13-14-10(19-9)20(17,18)15-8-4-2-3-5-11-6-8/h8,11,15H,2-6H2,1H3,(H,12,13,16). The minimum atomic E-state index is -3.69. The molecule has 8 nitrogen and oxygen atoms in total. The van der Waals surface area contributed by atoms with Gasteiger partial charge in [-0.25, -0.2) is 13.1 Å². The number of nitrogens with zero attached hydrogens (tertiary/aromatic N) is 2. The number of hydrogen-bond acceptors (Lipinski definition) is 7. The second-order valence-electron chi connectivity index (χ2n) is 4.57. The maximum Gasteiger partial charge on any atom is 0.270 e. The Hall–Kier alpha value is -1.10. The Kier molecular flexibility index (Phi) is 5.02. The SMILES string of the molecule is CC(=O)Nc1nnc(S(=O)(=O)NC2CCCCNC2)s1. The molecule has 20 heavy (non-hydrogen) atoms. The minimum absolute atomic E-state index is 0.134. The third-order valence-electron chi connectivity index (χ3n) is 2.79. The monoisotopic (exact) mass is 319 g/mol. The Morgan fingerprint density at radius 1 is 1.40 bits per heavy atom. The average molecular weight is 319 g/mol. The number of sulfonamides is 1. The number of carbonyl (C=O) groups excluding carboxylic acids is 1. The molecule has 10 heteroatoms. The summed E-state index contributed by atoms with van der Waals surface area (Å²) in [5.74, 6) is -0.314. The van der Waals surface area contributed by atoms with Gasteiger partial charge in [0.2, 0.25) is 15.4 Å². The Labute approximate surface area is 121 Å². The van der Waals surface area contributed by atoms with Crippen molar-refractivity contribution in [2.24, 2.45) is 0 Å². The predicted molar refractivity (Wildman–Crippen MR) is 75.0 cm³/mol. The van der Waals surface area contributed by atoms with E-state index in [4.69, 9.17) is 0 Å². The highest BCUT2D eigenvalue weighted by Gasteiger charge is 2.25. The van der Waals surface area contributed by atoms with Gasteiger partial charge < -0.3 is 10.6 Å².